The van der Waals surface area contributed by atoms with Crippen molar-refractivity contribution in [2.24, 2.45) is 5.92 Å². The Hall–Kier alpha value is -0.630. The van der Waals surface area contributed by atoms with E-state index in [4.69, 9.17) is 10.00 Å². The number of rotatable bonds is 5. The molecule has 0 radical (unpaired) electrons. The first-order valence-corrected chi connectivity index (χ1v) is 8.57. The van der Waals surface area contributed by atoms with Crippen molar-refractivity contribution in [2.45, 2.75) is 64.7 Å². The van der Waals surface area contributed by atoms with Crippen molar-refractivity contribution in [3.63, 3.8) is 0 Å². The van der Waals surface area contributed by atoms with E-state index in [2.05, 4.69) is 36.6 Å². The quantitative estimate of drug-likeness (QED) is 0.781. The summed E-state index contributed by atoms with van der Waals surface area (Å²) in [5.74, 6) is 0.865. The van der Waals surface area contributed by atoms with E-state index in [1.165, 1.54) is 38.9 Å². The zero-order valence-corrected chi connectivity index (χ0v) is 13.9. The van der Waals surface area contributed by atoms with E-state index in [0.29, 0.717) is 24.7 Å². The molecule has 0 aliphatic carbocycles. The zero-order valence-electron chi connectivity index (χ0n) is 13.9. The van der Waals surface area contributed by atoms with Gasteiger partial charge < -0.3 is 4.74 Å². The molecule has 21 heavy (non-hydrogen) atoms. The van der Waals surface area contributed by atoms with E-state index in [-0.39, 0.29) is 0 Å². The molecule has 4 heteroatoms. The van der Waals surface area contributed by atoms with Crippen molar-refractivity contribution in [3.05, 3.63) is 0 Å². The standard InChI is InChI=1S/C17H31N3O/c1-14(4-8-18)20-10-6-17(7-11-20)5-9-19-12-15(2)21-16(3)13-19/h14-17H,4-7,9-13H2,1-3H3/t14-,15-,16-/m1/s1. The highest BCUT2D eigenvalue weighted by molar-refractivity contribution is 4.83. The third-order valence-corrected chi connectivity index (χ3v) is 5.01. The van der Waals surface area contributed by atoms with Crippen LogP contribution in [0.1, 0.15) is 46.5 Å². The number of morpholine rings is 1. The molecule has 0 spiro atoms. The topological polar surface area (TPSA) is 39.5 Å². The molecule has 4 nitrogen and oxygen atoms in total. The second-order valence-corrected chi connectivity index (χ2v) is 7.00. The molecule has 2 aliphatic heterocycles. The molecule has 0 amide bonds. The lowest BCUT2D eigenvalue weighted by Crippen LogP contribution is -2.46. The van der Waals surface area contributed by atoms with E-state index in [1.54, 1.807) is 0 Å². The Morgan fingerprint density at radius 3 is 2.38 bits per heavy atom. The number of hydrogen-bond acceptors (Lipinski definition) is 4. The second-order valence-electron chi connectivity index (χ2n) is 7.00. The fourth-order valence-corrected chi connectivity index (χ4v) is 3.78. The first-order valence-electron chi connectivity index (χ1n) is 8.57. The first kappa shape index (κ1) is 16.7. The summed E-state index contributed by atoms with van der Waals surface area (Å²) in [5.41, 5.74) is 0. The fourth-order valence-electron chi connectivity index (χ4n) is 3.78. The van der Waals surface area contributed by atoms with E-state index < -0.39 is 0 Å². The van der Waals surface area contributed by atoms with Gasteiger partial charge in [0.05, 0.1) is 24.7 Å². The highest BCUT2D eigenvalue weighted by Crippen LogP contribution is 2.23. The van der Waals surface area contributed by atoms with Crippen molar-refractivity contribution in [1.29, 1.82) is 5.26 Å². The molecule has 0 N–H and O–H groups in total. The van der Waals surface area contributed by atoms with E-state index in [1.807, 2.05) is 0 Å². The smallest absolute Gasteiger partial charge is 0.0678 e. The minimum absolute atomic E-state index is 0.377. The van der Waals surface area contributed by atoms with Gasteiger partial charge in [-0.2, -0.15) is 5.26 Å². The summed E-state index contributed by atoms with van der Waals surface area (Å²) in [6.45, 7) is 12.3. The lowest BCUT2D eigenvalue weighted by molar-refractivity contribution is -0.0694. The van der Waals surface area contributed by atoms with Gasteiger partial charge in [-0.1, -0.05) is 0 Å². The Kier molecular flexibility index (Phi) is 6.47. The monoisotopic (exact) mass is 293 g/mol. The Morgan fingerprint density at radius 1 is 1.19 bits per heavy atom. The minimum atomic E-state index is 0.377. The van der Waals surface area contributed by atoms with Gasteiger partial charge >= 0.3 is 0 Å². The van der Waals surface area contributed by atoms with E-state index >= 15 is 0 Å². The summed E-state index contributed by atoms with van der Waals surface area (Å²) < 4.78 is 5.80. The molecule has 2 fully saturated rings. The summed E-state index contributed by atoms with van der Waals surface area (Å²) in [6.07, 6.45) is 5.33. The van der Waals surface area contributed by atoms with Crippen molar-refractivity contribution in [1.82, 2.24) is 9.80 Å². The Morgan fingerprint density at radius 2 is 1.81 bits per heavy atom. The molecule has 0 aromatic rings. The van der Waals surface area contributed by atoms with Crippen LogP contribution in [-0.2, 0) is 4.74 Å². The molecular formula is C17H31N3O. The van der Waals surface area contributed by atoms with Crippen LogP contribution in [0.5, 0.6) is 0 Å². The van der Waals surface area contributed by atoms with Gasteiger partial charge in [-0.25, -0.2) is 0 Å². The molecule has 0 aromatic carbocycles. The number of likely N-dealkylation sites (tertiary alicyclic amines) is 1. The predicted molar refractivity (Wildman–Crippen MR) is 85.1 cm³/mol. The van der Waals surface area contributed by atoms with Gasteiger partial charge in [0.25, 0.3) is 0 Å². The third-order valence-electron chi connectivity index (χ3n) is 5.01. The van der Waals surface area contributed by atoms with Gasteiger partial charge in [-0.05, 0) is 65.6 Å². The summed E-state index contributed by atoms with van der Waals surface area (Å²) in [4.78, 5) is 5.06. The molecule has 2 heterocycles. The molecule has 2 saturated heterocycles. The highest BCUT2D eigenvalue weighted by atomic mass is 16.5. The number of hydrogen-bond donors (Lipinski definition) is 0. The van der Waals surface area contributed by atoms with Gasteiger partial charge in [0, 0.05) is 19.1 Å². The van der Waals surface area contributed by atoms with Crippen molar-refractivity contribution in [2.75, 3.05) is 32.7 Å². The van der Waals surface area contributed by atoms with Gasteiger partial charge in [-0.15, -0.1) is 0 Å². The average Bonchev–Trinajstić information content (AvgIpc) is 2.45. The Balaban J connectivity index is 1.66. The largest absolute Gasteiger partial charge is 0.373 e. The molecule has 0 aromatic heterocycles. The van der Waals surface area contributed by atoms with E-state index in [9.17, 15) is 0 Å². The normalized spacial score (nSPS) is 31.0. The van der Waals surface area contributed by atoms with Gasteiger partial charge in [-0.3, -0.25) is 9.80 Å². The summed E-state index contributed by atoms with van der Waals surface area (Å²) >= 11 is 0. The molecular weight excluding hydrogens is 262 g/mol. The number of nitrogens with zero attached hydrogens (tertiary/aromatic N) is 3. The van der Waals surface area contributed by atoms with Crippen LogP contribution in [0.3, 0.4) is 0 Å². The SMILES string of the molecule is C[C@@H]1CN(CCC2CCN([C@H](C)CC#N)CC2)C[C@@H](C)O1. The maximum Gasteiger partial charge on any atom is 0.0678 e. The summed E-state index contributed by atoms with van der Waals surface area (Å²) in [6, 6.07) is 2.72. The van der Waals surface area contributed by atoms with Crippen LogP contribution in [0.25, 0.3) is 0 Å². The molecule has 120 valence electrons. The minimum Gasteiger partial charge on any atom is -0.373 e. The summed E-state index contributed by atoms with van der Waals surface area (Å²) in [5, 5.41) is 8.80. The van der Waals surface area contributed by atoms with Crippen LogP contribution in [0, 0.1) is 17.2 Å². The molecule has 2 aliphatic rings. The summed E-state index contributed by atoms with van der Waals surface area (Å²) in [7, 11) is 0. The highest BCUT2D eigenvalue weighted by Gasteiger charge is 2.25. The van der Waals surface area contributed by atoms with E-state index in [0.717, 1.165) is 19.0 Å². The lowest BCUT2D eigenvalue weighted by Gasteiger charge is -2.38. The van der Waals surface area contributed by atoms with Crippen molar-refractivity contribution < 1.29 is 4.74 Å². The maximum absolute atomic E-state index is 8.80. The molecule has 0 saturated carbocycles. The number of nitriles is 1. The Labute approximate surface area is 130 Å². The number of ether oxygens (including phenoxy) is 1. The molecule has 0 bridgehead atoms. The van der Waals surface area contributed by atoms with Crippen LogP contribution in [0.15, 0.2) is 0 Å². The lowest BCUT2D eigenvalue weighted by atomic mass is 9.92. The van der Waals surface area contributed by atoms with Crippen molar-refractivity contribution >= 4 is 0 Å². The van der Waals surface area contributed by atoms with Crippen LogP contribution >= 0.6 is 0 Å². The predicted octanol–water partition coefficient (Wildman–Crippen LogP) is 2.50. The van der Waals surface area contributed by atoms with Crippen molar-refractivity contribution in [3.8, 4) is 6.07 Å². The van der Waals surface area contributed by atoms with Crippen LogP contribution < -0.4 is 0 Å². The second kappa shape index (κ2) is 8.12. The van der Waals surface area contributed by atoms with Crippen LogP contribution in [-0.4, -0.2) is 60.8 Å². The average molecular weight is 293 g/mol. The van der Waals surface area contributed by atoms with Gasteiger partial charge in [0.2, 0.25) is 0 Å². The third kappa shape index (κ3) is 5.25. The van der Waals surface area contributed by atoms with Crippen LogP contribution in [0.4, 0.5) is 0 Å². The number of piperidine rings is 1. The fraction of sp³-hybridized carbons (Fsp3) is 0.941. The molecule has 0 unspecified atom stereocenters. The van der Waals surface area contributed by atoms with Crippen LogP contribution in [0.2, 0.25) is 0 Å². The molecule has 3 atom stereocenters. The maximum atomic E-state index is 8.80. The zero-order chi connectivity index (χ0) is 15.2. The van der Waals surface area contributed by atoms with Gasteiger partial charge in [0.15, 0.2) is 0 Å². The van der Waals surface area contributed by atoms with Gasteiger partial charge in [0.1, 0.15) is 0 Å². The Bertz CT molecular complexity index is 336. The first-order chi connectivity index (χ1) is 10.1. The molecule has 2 rings (SSSR count).